The van der Waals surface area contributed by atoms with Gasteiger partial charge in [-0.3, -0.25) is 4.57 Å². The summed E-state index contributed by atoms with van der Waals surface area (Å²) in [7, 11) is -4.41. The number of hydrogen-bond donors (Lipinski definition) is 5. The van der Waals surface area contributed by atoms with Crippen molar-refractivity contribution >= 4 is 24.4 Å². The molecule has 4 rings (SSSR count). The van der Waals surface area contributed by atoms with Crippen molar-refractivity contribution in [2.75, 3.05) is 18.3 Å². The highest BCUT2D eigenvalue weighted by molar-refractivity contribution is 7.51. The fourth-order valence-corrected chi connectivity index (χ4v) is 4.57. The number of aromatic nitrogens is 3. The number of nitrogens with zero attached hydrogens (tertiary/aromatic N) is 5. The van der Waals surface area contributed by atoms with Gasteiger partial charge in [0.15, 0.2) is 11.9 Å². The Labute approximate surface area is 188 Å². The lowest BCUT2D eigenvalue weighted by Crippen LogP contribution is -2.33. The van der Waals surface area contributed by atoms with Gasteiger partial charge in [-0.15, -0.1) is 0 Å². The first-order valence-electron chi connectivity index (χ1n) is 10.3. The first-order valence-corrected chi connectivity index (χ1v) is 12.1. The van der Waals surface area contributed by atoms with Gasteiger partial charge >= 0.3 is 7.60 Å². The lowest BCUT2D eigenvalue weighted by molar-refractivity contribution is -0.0611. The zero-order valence-corrected chi connectivity index (χ0v) is 18.3. The van der Waals surface area contributed by atoms with Crippen LogP contribution in [0.3, 0.4) is 0 Å². The maximum absolute atomic E-state index is 11.0. The molecule has 5 N–H and O–H groups in total. The van der Waals surface area contributed by atoms with E-state index in [1.165, 1.54) is 10.8 Å². The van der Waals surface area contributed by atoms with Gasteiger partial charge in [0.05, 0.1) is 17.6 Å². The number of rotatable bonds is 7. The summed E-state index contributed by atoms with van der Waals surface area (Å²) in [4.78, 5) is 26.3. The molecule has 2 aliphatic rings. The number of ether oxygens (including phenoxy) is 2. The Kier molecular flexibility index (Phi) is 6.66. The molecule has 1 aliphatic carbocycles. The van der Waals surface area contributed by atoms with Gasteiger partial charge in [-0.25, -0.2) is 9.97 Å². The number of aliphatic hydroxyl groups is 2. The number of fused-ring (bicyclic) bond motifs is 1. The van der Waals surface area contributed by atoms with Gasteiger partial charge in [-0.1, -0.05) is 12.8 Å². The molecule has 0 amide bonds. The SMILES string of the molecule is N#Cc1nc(NC2CCCC2)c2c(C#N)cn([C@@H]3O[C@H](COCP(=O)(O)O)[C@@H](O)[C@H]3O)c2n1. The van der Waals surface area contributed by atoms with Crippen LogP contribution in [0.15, 0.2) is 6.20 Å². The van der Waals surface area contributed by atoms with E-state index in [0.29, 0.717) is 11.2 Å². The van der Waals surface area contributed by atoms with Crippen LogP contribution in [0.1, 0.15) is 43.3 Å². The maximum atomic E-state index is 11.0. The summed E-state index contributed by atoms with van der Waals surface area (Å²) in [5.74, 6) is 0.203. The smallest absolute Gasteiger partial charge is 0.350 e. The van der Waals surface area contributed by atoms with Crippen LogP contribution >= 0.6 is 7.60 Å². The summed E-state index contributed by atoms with van der Waals surface area (Å²) < 4.78 is 23.0. The number of nitrogens with one attached hydrogen (secondary N) is 1. The van der Waals surface area contributed by atoms with Gasteiger partial charge in [0.25, 0.3) is 0 Å². The molecule has 0 radical (unpaired) electrons. The monoisotopic (exact) mass is 478 g/mol. The zero-order valence-electron chi connectivity index (χ0n) is 17.4. The van der Waals surface area contributed by atoms with Gasteiger partial charge < -0.3 is 39.4 Å². The molecule has 1 saturated carbocycles. The summed E-state index contributed by atoms with van der Waals surface area (Å²) in [6, 6.07) is 4.11. The van der Waals surface area contributed by atoms with Crippen LogP contribution in [0.25, 0.3) is 11.0 Å². The van der Waals surface area contributed by atoms with Crippen molar-refractivity contribution in [2.24, 2.45) is 0 Å². The highest BCUT2D eigenvalue weighted by atomic mass is 31.2. The van der Waals surface area contributed by atoms with Crippen LogP contribution in [-0.4, -0.2) is 71.8 Å². The van der Waals surface area contributed by atoms with E-state index in [1.54, 1.807) is 0 Å². The van der Waals surface area contributed by atoms with E-state index >= 15 is 0 Å². The van der Waals surface area contributed by atoms with E-state index in [-0.39, 0.29) is 29.7 Å². The molecule has 0 unspecified atom stereocenters. The number of aliphatic hydroxyl groups excluding tert-OH is 2. The lowest BCUT2D eigenvalue weighted by atomic mass is 10.1. The Balaban J connectivity index is 1.68. The average molecular weight is 478 g/mol. The molecule has 33 heavy (non-hydrogen) atoms. The second-order valence-electron chi connectivity index (χ2n) is 8.10. The summed E-state index contributed by atoms with van der Waals surface area (Å²) in [5.41, 5.74) is 0.369. The predicted molar refractivity (Wildman–Crippen MR) is 112 cm³/mol. The van der Waals surface area contributed by atoms with Crippen molar-refractivity contribution in [1.29, 1.82) is 10.5 Å². The van der Waals surface area contributed by atoms with Crippen LogP contribution in [0, 0.1) is 22.7 Å². The van der Waals surface area contributed by atoms with Crippen molar-refractivity contribution in [2.45, 2.75) is 56.3 Å². The molecule has 176 valence electrons. The first kappa shape index (κ1) is 23.5. The Morgan fingerprint density at radius 1 is 1.21 bits per heavy atom. The molecule has 2 aromatic heterocycles. The van der Waals surface area contributed by atoms with Gasteiger partial charge in [0.1, 0.15) is 42.6 Å². The van der Waals surface area contributed by atoms with Crippen LogP contribution in [0.4, 0.5) is 5.82 Å². The minimum absolute atomic E-state index is 0.138. The Morgan fingerprint density at radius 2 is 1.94 bits per heavy atom. The van der Waals surface area contributed by atoms with Crippen LogP contribution in [-0.2, 0) is 14.0 Å². The van der Waals surface area contributed by atoms with Crippen LogP contribution < -0.4 is 5.32 Å². The molecule has 14 heteroatoms. The fraction of sp³-hybridized carbons (Fsp3) is 0.579. The normalized spacial score (nSPS) is 25.9. The average Bonchev–Trinajstić information content (AvgIpc) is 3.47. The van der Waals surface area contributed by atoms with Crippen molar-refractivity contribution in [3.05, 3.63) is 17.6 Å². The molecule has 0 spiro atoms. The lowest BCUT2D eigenvalue weighted by Gasteiger charge is -2.18. The highest BCUT2D eigenvalue weighted by Crippen LogP contribution is 2.37. The minimum atomic E-state index is -4.41. The van der Waals surface area contributed by atoms with Gasteiger partial charge in [0.2, 0.25) is 5.82 Å². The second-order valence-corrected chi connectivity index (χ2v) is 9.69. The van der Waals surface area contributed by atoms with E-state index in [1.807, 2.05) is 6.07 Å². The van der Waals surface area contributed by atoms with E-state index in [4.69, 9.17) is 19.3 Å². The molecule has 4 atom stereocenters. The molecule has 2 fully saturated rings. The molecule has 1 aliphatic heterocycles. The van der Waals surface area contributed by atoms with Gasteiger partial charge in [-0.05, 0) is 12.8 Å². The summed E-state index contributed by atoms with van der Waals surface area (Å²) in [6.45, 7) is -0.378. The number of nitriles is 2. The summed E-state index contributed by atoms with van der Waals surface area (Å²) in [5, 5.41) is 43.8. The van der Waals surface area contributed by atoms with Crippen LogP contribution in [0.2, 0.25) is 0 Å². The molecule has 1 saturated heterocycles. The zero-order chi connectivity index (χ0) is 23.8. The molecule has 3 heterocycles. The molecule has 0 bridgehead atoms. The first-order chi connectivity index (χ1) is 15.7. The van der Waals surface area contributed by atoms with E-state index in [0.717, 1.165) is 25.7 Å². The van der Waals surface area contributed by atoms with Gasteiger partial charge in [-0.2, -0.15) is 10.5 Å². The number of hydrogen-bond acceptors (Lipinski definition) is 10. The third-order valence-corrected chi connectivity index (χ3v) is 6.26. The fourth-order valence-electron chi connectivity index (χ4n) is 4.23. The third kappa shape index (κ3) is 4.86. The van der Waals surface area contributed by atoms with Gasteiger partial charge in [0, 0.05) is 12.2 Å². The van der Waals surface area contributed by atoms with E-state index < -0.39 is 38.5 Å². The Morgan fingerprint density at radius 3 is 2.58 bits per heavy atom. The minimum Gasteiger partial charge on any atom is -0.387 e. The molecule has 13 nitrogen and oxygen atoms in total. The summed E-state index contributed by atoms with van der Waals surface area (Å²) in [6.07, 6.45) is -0.623. The standard InChI is InChI=1S/C19H23N6O7P/c20-5-10-7-25(19-16(27)15(26)12(32-19)8-31-9-33(28,29)30)18-14(10)17(23-13(6-21)24-18)22-11-3-1-2-4-11/h7,11-12,15-16,19,26-27H,1-4,8-9H2,(H,22,23,24)(H2,28,29,30)/t12-,15-,16-,19-/m1/s1. The molecule has 2 aromatic rings. The van der Waals surface area contributed by atoms with Crippen molar-refractivity contribution in [1.82, 2.24) is 14.5 Å². The largest absolute Gasteiger partial charge is 0.387 e. The second kappa shape index (κ2) is 9.33. The van der Waals surface area contributed by atoms with E-state index in [9.17, 15) is 25.3 Å². The van der Waals surface area contributed by atoms with Crippen LogP contribution in [0.5, 0.6) is 0 Å². The molecular weight excluding hydrogens is 455 g/mol. The quantitative estimate of drug-likeness (QED) is 0.341. The highest BCUT2D eigenvalue weighted by Gasteiger charge is 2.45. The molecular formula is C19H23N6O7P. The molecule has 0 aromatic carbocycles. The Hall–Kier alpha value is -2.61. The van der Waals surface area contributed by atoms with Crippen molar-refractivity contribution < 1.29 is 34.0 Å². The maximum Gasteiger partial charge on any atom is 0.350 e. The third-order valence-electron chi connectivity index (χ3n) is 5.74. The van der Waals surface area contributed by atoms with E-state index in [2.05, 4.69) is 21.4 Å². The predicted octanol–water partition coefficient (Wildman–Crippen LogP) is 0.300. The Bertz CT molecular complexity index is 1160. The van der Waals surface area contributed by atoms with Crippen molar-refractivity contribution in [3.63, 3.8) is 0 Å². The summed E-state index contributed by atoms with van der Waals surface area (Å²) >= 11 is 0. The van der Waals surface area contributed by atoms with Crippen molar-refractivity contribution in [3.8, 4) is 12.1 Å². The topological polar surface area (TPSA) is 207 Å². The number of anilines is 1.